The Labute approximate surface area is 221 Å². The fourth-order valence-corrected chi connectivity index (χ4v) is 6.01. The second-order valence-electron chi connectivity index (χ2n) is 8.50. The highest BCUT2D eigenvalue weighted by Gasteiger charge is 2.27. The van der Waals surface area contributed by atoms with E-state index in [1.54, 1.807) is 30.3 Å². The molecule has 192 valence electrons. The Morgan fingerprint density at radius 3 is 2.32 bits per heavy atom. The summed E-state index contributed by atoms with van der Waals surface area (Å²) in [6.45, 7) is 2.27. The Morgan fingerprint density at radius 2 is 1.68 bits per heavy atom. The van der Waals surface area contributed by atoms with Gasteiger partial charge >= 0.3 is 5.69 Å². The van der Waals surface area contributed by atoms with Gasteiger partial charge in [0.15, 0.2) is 5.65 Å². The Balaban J connectivity index is 1.42. The second-order valence-corrected chi connectivity index (χ2v) is 11.2. The van der Waals surface area contributed by atoms with Gasteiger partial charge < -0.3 is 10.2 Å². The molecule has 0 radical (unpaired) electrons. The molecule has 0 saturated carbocycles. The number of halogens is 2. The number of fused-ring (bicyclic) bond motifs is 1. The maximum atomic E-state index is 12.9. The molecule has 5 rings (SSSR count). The maximum absolute atomic E-state index is 12.9. The minimum atomic E-state index is -3.58. The number of nitrogens with zero attached hydrogens (tertiary/aromatic N) is 5. The highest BCUT2D eigenvalue weighted by molar-refractivity contribution is 7.89. The summed E-state index contributed by atoms with van der Waals surface area (Å²) >= 11 is 12.5. The Kier molecular flexibility index (Phi) is 6.77. The average Bonchev–Trinajstić information content (AvgIpc) is 2.86. The molecular formula is C23H22Cl2N8O3S. The van der Waals surface area contributed by atoms with Crippen LogP contribution in [-0.2, 0) is 10.0 Å². The summed E-state index contributed by atoms with van der Waals surface area (Å²) in [4.78, 5) is 26.3. The highest BCUT2D eigenvalue weighted by atomic mass is 35.5. The molecule has 2 aromatic carbocycles. The number of nitrogens with one attached hydrogen (secondary N) is 3. The summed E-state index contributed by atoms with van der Waals surface area (Å²) < 4.78 is 28.4. The molecule has 4 aromatic rings. The molecule has 2 aromatic heterocycles. The van der Waals surface area contributed by atoms with Gasteiger partial charge in [-0.2, -0.15) is 9.29 Å². The van der Waals surface area contributed by atoms with Crippen molar-refractivity contribution in [1.82, 2.24) is 28.7 Å². The Morgan fingerprint density at radius 1 is 1.03 bits per heavy atom. The van der Waals surface area contributed by atoms with Crippen LogP contribution in [0.5, 0.6) is 0 Å². The van der Waals surface area contributed by atoms with Crippen LogP contribution in [0.4, 0.5) is 11.6 Å². The number of likely N-dealkylation sites (N-methyl/N-ethyl adjacent to an activating group) is 1. The van der Waals surface area contributed by atoms with E-state index in [1.165, 1.54) is 22.6 Å². The summed E-state index contributed by atoms with van der Waals surface area (Å²) in [5, 5.41) is 12.2. The minimum Gasteiger partial charge on any atom is -0.324 e. The zero-order valence-electron chi connectivity index (χ0n) is 19.6. The van der Waals surface area contributed by atoms with Crippen LogP contribution < -0.4 is 16.5 Å². The molecule has 37 heavy (non-hydrogen) atoms. The molecule has 14 heteroatoms. The van der Waals surface area contributed by atoms with Crippen molar-refractivity contribution in [2.24, 2.45) is 0 Å². The van der Waals surface area contributed by atoms with E-state index in [2.05, 4.69) is 25.2 Å². The van der Waals surface area contributed by atoms with E-state index in [0.29, 0.717) is 31.9 Å². The first kappa shape index (κ1) is 25.4. The van der Waals surface area contributed by atoms with E-state index < -0.39 is 15.7 Å². The lowest BCUT2D eigenvalue weighted by atomic mass is 10.3. The number of benzene rings is 2. The monoisotopic (exact) mass is 560 g/mol. The molecule has 3 N–H and O–H groups in total. The van der Waals surface area contributed by atoms with E-state index in [9.17, 15) is 13.2 Å². The molecule has 0 unspecified atom stereocenters. The van der Waals surface area contributed by atoms with Crippen LogP contribution in [-0.4, -0.2) is 70.4 Å². The van der Waals surface area contributed by atoms with Crippen molar-refractivity contribution in [3.05, 3.63) is 74.7 Å². The number of sulfonamides is 1. The van der Waals surface area contributed by atoms with Crippen molar-refractivity contribution in [1.29, 1.82) is 5.41 Å². The van der Waals surface area contributed by atoms with Crippen LogP contribution in [0.25, 0.3) is 16.7 Å². The zero-order valence-corrected chi connectivity index (χ0v) is 21.9. The van der Waals surface area contributed by atoms with Crippen LogP contribution in [0.1, 0.15) is 0 Å². The van der Waals surface area contributed by atoms with Crippen LogP contribution in [0, 0.1) is 5.41 Å². The number of aromatic amines is 1. The second kappa shape index (κ2) is 9.88. The summed E-state index contributed by atoms with van der Waals surface area (Å²) in [5.41, 5.74) is 0.0577. The first-order chi connectivity index (χ1) is 17.6. The number of hydrogen-bond donors (Lipinski definition) is 3. The van der Waals surface area contributed by atoms with E-state index in [-0.39, 0.29) is 43.1 Å². The van der Waals surface area contributed by atoms with Gasteiger partial charge in [-0.3, -0.25) is 10.4 Å². The number of piperazine rings is 1. The average molecular weight is 561 g/mol. The van der Waals surface area contributed by atoms with E-state index in [0.717, 1.165) is 4.57 Å². The molecular weight excluding hydrogens is 539 g/mol. The van der Waals surface area contributed by atoms with Crippen molar-refractivity contribution < 1.29 is 8.42 Å². The third-order valence-electron chi connectivity index (χ3n) is 6.07. The fraction of sp³-hybridized carbons (Fsp3) is 0.217. The van der Waals surface area contributed by atoms with Gasteiger partial charge in [0, 0.05) is 38.1 Å². The number of aromatic nitrogens is 4. The number of para-hydroxylation sites is 1. The van der Waals surface area contributed by atoms with Crippen molar-refractivity contribution in [3.8, 4) is 5.69 Å². The SMILES string of the molecule is CN1CCN(S(=O)(=O)c2ccc(Nc3ncc4c(=N)n(-c5c(Cl)cccc5Cl)c(=O)[nH]c4n3)cc2)CC1. The lowest BCUT2D eigenvalue weighted by Gasteiger charge is -2.31. The summed E-state index contributed by atoms with van der Waals surface area (Å²) in [7, 11) is -1.62. The van der Waals surface area contributed by atoms with Crippen molar-refractivity contribution >= 4 is 55.9 Å². The topological polar surface area (TPSA) is 140 Å². The van der Waals surface area contributed by atoms with Gasteiger partial charge in [-0.15, -0.1) is 0 Å². The molecule has 0 spiro atoms. The molecule has 1 fully saturated rings. The Bertz CT molecular complexity index is 1690. The Hall–Kier alpha value is -3.29. The third kappa shape index (κ3) is 4.86. The van der Waals surface area contributed by atoms with Crippen molar-refractivity contribution in [3.63, 3.8) is 0 Å². The molecule has 1 saturated heterocycles. The molecule has 1 aliphatic rings. The minimum absolute atomic E-state index is 0.140. The van der Waals surface area contributed by atoms with Crippen LogP contribution in [0.15, 0.2) is 58.4 Å². The van der Waals surface area contributed by atoms with E-state index >= 15 is 0 Å². The third-order valence-corrected chi connectivity index (χ3v) is 8.59. The largest absolute Gasteiger partial charge is 0.333 e. The lowest BCUT2D eigenvalue weighted by Crippen LogP contribution is -2.46. The molecule has 0 amide bonds. The first-order valence-corrected chi connectivity index (χ1v) is 13.4. The van der Waals surface area contributed by atoms with Crippen LogP contribution in [0.2, 0.25) is 10.0 Å². The van der Waals surface area contributed by atoms with Gasteiger partial charge in [-0.1, -0.05) is 29.3 Å². The number of rotatable bonds is 5. The van der Waals surface area contributed by atoms with E-state index in [4.69, 9.17) is 28.6 Å². The molecule has 3 heterocycles. The molecule has 0 atom stereocenters. The van der Waals surface area contributed by atoms with Gasteiger partial charge in [-0.05, 0) is 43.4 Å². The van der Waals surface area contributed by atoms with Gasteiger partial charge in [0.1, 0.15) is 5.49 Å². The van der Waals surface area contributed by atoms with Gasteiger partial charge in [0.2, 0.25) is 16.0 Å². The number of hydrogen-bond acceptors (Lipinski definition) is 8. The van der Waals surface area contributed by atoms with Crippen LogP contribution >= 0.6 is 23.2 Å². The highest BCUT2D eigenvalue weighted by Crippen LogP contribution is 2.26. The standard InChI is InChI=1S/C23H22Cl2N8O3S/c1-31-9-11-32(12-10-31)37(35,36)15-7-5-14(6-8-15)28-22-27-13-16-20(26)33(23(34)30-21(16)29-22)19-17(24)3-2-4-18(19)25/h2-8,13,26H,9-12H2,1H3,(H2,27,28,29,30,34). The lowest BCUT2D eigenvalue weighted by molar-refractivity contribution is 0.222. The van der Waals surface area contributed by atoms with Gasteiger partial charge in [-0.25, -0.2) is 22.8 Å². The molecule has 1 aliphatic heterocycles. The van der Waals surface area contributed by atoms with Gasteiger partial charge in [0.25, 0.3) is 0 Å². The fourth-order valence-electron chi connectivity index (χ4n) is 4.02. The van der Waals surface area contributed by atoms with E-state index in [1.807, 2.05) is 7.05 Å². The van der Waals surface area contributed by atoms with Crippen molar-refractivity contribution in [2.75, 3.05) is 38.5 Å². The number of anilines is 2. The quantitative estimate of drug-likeness (QED) is 0.340. The first-order valence-electron chi connectivity index (χ1n) is 11.2. The molecule has 0 bridgehead atoms. The smallest absolute Gasteiger partial charge is 0.324 e. The summed E-state index contributed by atoms with van der Waals surface area (Å²) in [6, 6.07) is 11.1. The predicted molar refractivity (Wildman–Crippen MR) is 141 cm³/mol. The van der Waals surface area contributed by atoms with Crippen LogP contribution in [0.3, 0.4) is 0 Å². The summed E-state index contributed by atoms with van der Waals surface area (Å²) in [5.74, 6) is 0.158. The summed E-state index contributed by atoms with van der Waals surface area (Å²) in [6.07, 6.45) is 1.40. The number of H-pyrrole nitrogens is 1. The normalized spacial score (nSPS) is 15.2. The zero-order chi connectivity index (χ0) is 26.3. The maximum Gasteiger partial charge on any atom is 0.333 e. The predicted octanol–water partition coefficient (Wildman–Crippen LogP) is 2.57. The van der Waals surface area contributed by atoms with Crippen molar-refractivity contribution in [2.45, 2.75) is 4.90 Å². The molecule has 11 nitrogen and oxygen atoms in total. The van der Waals surface area contributed by atoms with Gasteiger partial charge in [0.05, 0.1) is 26.0 Å². The molecule has 0 aliphatic carbocycles.